The lowest BCUT2D eigenvalue weighted by molar-refractivity contribution is 0.0690. The third kappa shape index (κ3) is 0.854. The normalized spacial score (nSPS) is 23.1. The van der Waals surface area contributed by atoms with E-state index in [4.69, 9.17) is 5.11 Å². The molecule has 0 radical (unpaired) electrons. The van der Waals surface area contributed by atoms with Gasteiger partial charge in [-0.25, -0.2) is 4.79 Å². The quantitative estimate of drug-likeness (QED) is 0.672. The largest absolute Gasteiger partial charge is 0.476 e. The van der Waals surface area contributed by atoms with Crippen molar-refractivity contribution in [2.45, 2.75) is 12.8 Å². The third-order valence-electron chi connectivity index (χ3n) is 2.71. The molecule has 66 valence electrons. The number of carbonyl (C=O) groups is 1. The van der Waals surface area contributed by atoms with Crippen molar-refractivity contribution >= 4 is 12.0 Å². The van der Waals surface area contributed by atoms with Gasteiger partial charge in [0.25, 0.3) is 0 Å². The molecule has 2 aliphatic carbocycles. The van der Waals surface area contributed by atoms with Crippen LogP contribution in [-0.2, 0) is 6.42 Å². The highest BCUT2D eigenvalue weighted by atomic mass is 16.4. The molecule has 0 aromatic carbocycles. The first-order valence-electron chi connectivity index (χ1n) is 4.26. The van der Waals surface area contributed by atoms with Crippen molar-refractivity contribution in [3.05, 3.63) is 22.5 Å². The van der Waals surface area contributed by atoms with E-state index in [1.54, 1.807) is 0 Å². The number of aromatic amines is 1. The van der Waals surface area contributed by atoms with Gasteiger partial charge in [0.1, 0.15) is 0 Å². The highest BCUT2D eigenvalue weighted by Crippen LogP contribution is 2.46. The second-order valence-electron chi connectivity index (χ2n) is 3.59. The van der Waals surface area contributed by atoms with Crippen LogP contribution in [0.5, 0.6) is 0 Å². The van der Waals surface area contributed by atoms with E-state index in [2.05, 4.69) is 10.2 Å². The Morgan fingerprint density at radius 2 is 2.46 bits per heavy atom. The van der Waals surface area contributed by atoms with Gasteiger partial charge in [0.05, 0.1) is 0 Å². The number of allylic oxidation sites excluding steroid dienone is 1. The minimum Gasteiger partial charge on any atom is -0.476 e. The molecule has 2 N–H and O–H groups in total. The first-order chi connectivity index (χ1) is 6.25. The topological polar surface area (TPSA) is 66.0 Å². The van der Waals surface area contributed by atoms with Crippen LogP contribution in [0.25, 0.3) is 6.08 Å². The lowest BCUT2D eigenvalue weighted by Crippen LogP contribution is -2.01. The Kier molecular flexibility index (Phi) is 1.07. The summed E-state index contributed by atoms with van der Waals surface area (Å²) < 4.78 is 0. The summed E-state index contributed by atoms with van der Waals surface area (Å²) in [5.74, 6) is -0.289. The summed E-state index contributed by atoms with van der Waals surface area (Å²) in [6.45, 7) is 0. The molecular weight excluding hydrogens is 168 g/mol. The van der Waals surface area contributed by atoms with Crippen molar-refractivity contribution in [2.24, 2.45) is 5.92 Å². The van der Waals surface area contributed by atoms with Gasteiger partial charge in [-0.15, -0.1) is 0 Å². The van der Waals surface area contributed by atoms with E-state index in [-0.39, 0.29) is 5.69 Å². The molecule has 1 heterocycles. The van der Waals surface area contributed by atoms with Crippen molar-refractivity contribution in [2.75, 3.05) is 0 Å². The average molecular weight is 176 g/mol. The molecular formula is C9H8N2O2. The van der Waals surface area contributed by atoms with Crippen molar-refractivity contribution in [1.29, 1.82) is 0 Å². The average Bonchev–Trinajstić information content (AvgIpc) is 2.70. The lowest BCUT2D eigenvalue weighted by Gasteiger charge is -2.01. The molecule has 0 amide bonds. The van der Waals surface area contributed by atoms with Crippen LogP contribution in [-0.4, -0.2) is 21.3 Å². The van der Waals surface area contributed by atoms with Crippen LogP contribution in [0, 0.1) is 5.92 Å². The molecule has 0 saturated heterocycles. The summed E-state index contributed by atoms with van der Waals surface area (Å²) in [6, 6.07) is 0. The molecule has 1 aromatic rings. The maximum atomic E-state index is 10.7. The standard InChI is InChI=1S/C9H8N2O2/c12-9(13)8-6-2-4-1-5(4)3-7(6)10-11-8/h2,5H,1,3H2,(H,10,11)(H,12,13). The maximum absolute atomic E-state index is 10.7. The molecule has 1 unspecified atom stereocenters. The zero-order chi connectivity index (χ0) is 9.00. The fourth-order valence-electron chi connectivity index (χ4n) is 1.90. The predicted molar refractivity (Wildman–Crippen MR) is 45.3 cm³/mol. The fraction of sp³-hybridized carbons (Fsp3) is 0.333. The van der Waals surface area contributed by atoms with Crippen molar-refractivity contribution in [1.82, 2.24) is 10.2 Å². The Balaban J connectivity index is 2.17. The van der Waals surface area contributed by atoms with Gasteiger partial charge < -0.3 is 5.11 Å². The van der Waals surface area contributed by atoms with Gasteiger partial charge in [-0.3, -0.25) is 5.10 Å². The van der Waals surface area contributed by atoms with E-state index < -0.39 is 5.97 Å². The summed E-state index contributed by atoms with van der Waals surface area (Å²) in [6.07, 6.45) is 4.03. The van der Waals surface area contributed by atoms with Gasteiger partial charge in [-0.05, 0) is 18.8 Å². The number of aromatic nitrogens is 2. The van der Waals surface area contributed by atoms with Crippen LogP contribution in [0.15, 0.2) is 5.57 Å². The number of carboxylic acids is 1. The number of aromatic carboxylic acids is 1. The Bertz CT molecular complexity index is 431. The van der Waals surface area contributed by atoms with Crippen LogP contribution in [0.2, 0.25) is 0 Å². The van der Waals surface area contributed by atoms with E-state index in [9.17, 15) is 4.79 Å². The highest BCUT2D eigenvalue weighted by molar-refractivity contribution is 5.91. The second-order valence-corrected chi connectivity index (χ2v) is 3.59. The van der Waals surface area contributed by atoms with E-state index in [1.807, 2.05) is 6.08 Å². The van der Waals surface area contributed by atoms with Gasteiger partial charge in [-0.2, -0.15) is 5.10 Å². The van der Waals surface area contributed by atoms with Crippen molar-refractivity contribution in [3.8, 4) is 0 Å². The van der Waals surface area contributed by atoms with Crippen LogP contribution in [0.3, 0.4) is 0 Å². The summed E-state index contributed by atoms with van der Waals surface area (Å²) in [5, 5.41) is 15.4. The molecule has 4 heteroatoms. The summed E-state index contributed by atoms with van der Waals surface area (Å²) in [5.41, 5.74) is 3.30. The van der Waals surface area contributed by atoms with Gasteiger partial charge in [-0.1, -0.05) is 11.6 Å². The Morgan fingerprint density at radius 1 is 1.62 bits per heavy atom. The van der Waals surface area contributed by atoms with Crippen LogP contribution < -0.4 is 0 Å². The first-order valence-corrected chi connectivity index (χ1v) is 4.26. The van der Waals surface area contributed by atoms with Gasteiger partial charge >= 0.3 is 5.97 Å². The molecule has 3 rings (SSSR count). The maximum Gasteiger partial charge on any atom is 0.357 e. The lowest BCUT2D eigenvalue weighted by atomic mass is 10.0. The fourth-order valence-corrected chi connectivity index (χ4v) is 1.90. The van der Waals surface area contributed by atoms with Crippen LogP contribution in [0.1, 0.15) is 28.2 Å². The monoisotopic (exact) mass is 176 g/mol. The molecule has 1 saturated carbocycles. The molecule has 0 aliphatic heterocycles. The smallest absolute Gasteiger partial charge is 0.357 e. The van der Waals surface area contributed by atoms with Gasteiger partial charge in [0.2, 0.25) is 0 Å². The number of fused-ring (bicyclic) bond motifs is 2. The second kappa shape index (κ2) is 2.02. The van der Waals surface area contributed by atoms with Crippen molar-refractivity contribution in [3.63, 3.8) is 0 Å². The SMILES string of the molecule is O=C(O)c1n[nH]c2c1C=C1CC1C2. The molecule has 0 spiro atoms. The Labute approximate surface area is 74.3 Å². The van der Waals surface area contributed by atoms with Gasteiger partial charge in [0, 0.05) is 11.3 Å². The number of hydrogen-bond acceptors (Lipinski definition) is 2. The van der Waals surface area contributed by atoms with Crippen LogP contribution >= 0.6 is 0 Å². The highest BCUT2D eigenvalue weighted by Gasteiger charge is 2.36. The van der Waals surface area contributed by atoms with E-state index in [1.165, 1.54) is 5.57 Å². The van der Waals surface area contributed by atoms with Crippen molar-refractivity contribution < 1.29 is 9.90 Å². The molecule has 0 bridgehead atoms. The third-order valence-corrected chi connectivity index (χ3v) is 2.71. The predicted octanol–water partition coefficient (Wildman–Crippen LogP) is 1.07. The molecule has 2 aliphatic rings. The van der Waals surface area contributed by atoms with Gasteiger partial charge in [0.15, 0.2) is 5.69 Å². The van der Waals surface area contributed by atoms with Crippen LogP contribution in [0.4, 0.5) is 0 Å². The van der Waals surface area contributed by atoms with E-state index in [0.717, 1.165) is 24.1 Å². The summed E-state index contributed by atoms with van der Waals surface area (Å²) >= 11 is 0. The zero-order valence-corrected chi connectivity index (χ0v) is 6.87. The molecule has 4 nitrogen and oxygen atoms in total. The number of rotatable bonds is 1. The number of H-pyrrole nitrogens is 1. The zero-order valence-electron chi connectivity index (χ0n) is 6.87. The first kappa shape index (κ1) is 6.88. The Hall–Kier alpha value is -1.58. The molecule has 13 heavy (non-hydrogen) atoms. The number of nitrogens with zero attached hydrogens (tertiary/aromatic N) is 1. The summed E-state index contributed by atoms with van der Waals surface area (Å²) in [4.78, 5) is 10.7. The van der Waals surface area contributed by atoms with E-state index >= 15 is 0 Å². The number of hydrogen-bond donors (Lipinski definition) is 2. The number of nitrogens with one attached hydrogen (secondary N) is 1. The minimum atomic E-state index is -0.951. The molecule has 1 fully saturated rings. The Morgan fingerprint density at radius 3 is 3.23 bits per heavy atom. The number of carboxylic acid groups (broad SMARTS) is 1. The molecule has 1 atom stereocenters. The minimum absolute atomic E-state index is 0.160. The molecule has 1 aromatic heterocycles. The van der Waals surface area contributed by atoms with E-state index in [0.29, 0.717) is 5.92 Å². The summed E-state index contributed by atoms with van der Waals surface area (Å²) in [7, 11) is 0.